The van der Waals surface area contributed by atoms with Gasteiger partial charge in [-0.2, -0.15) is 0 Å². The zero-order valence-electron chi connectivity index (χ0n) is 14.0. The van der Waals surface area contributed by atoms with Crippen molar-refractivity contribution in [2.24, 2.45) is 0 Å². The van der Waals surface area contributed by atoms with Gasteiger partial charge in [0.25, 0.3) is 0 Å². The highest BCUT2D eigenvalue weighted by atomic mass is 16.5. The molecule has 1 N–H and O–H groups in total. The van der Waals surface area contributed by atoms with E-state index in [1.54, 1.807) is 19.0 Å². The van der Waals surface area contributed by atoms with Crippen molar-refractivity contribution in [1.29, 1.82) is 0 Å². The van der Waals surface area contributed by atoms with Crippen LogP contribution in [0.1, 0.15) is 36.5 Å². The third-order valence-corrected chi connectivity index (χ3v) is 3.38. The van der Waals surface area contributed by atoms with Gasteiger partial charge in [-0.1, -0.05) is 19.1 Å². The second kappa shape index (κ2) is 8.67. The Morgan fingerprint density at radius 1 is 1.24 bits per heavy atom. The molecule has 21 heavy (non-hydrogen) atoms. The first-order valence-electron chi connectivity index (χ1n) is 7.59. The third kappa shape index (κ3) is 5.76. The van der Waals surface area contributed by atoms with Crippen molar-refractivity contribution in [3.05, 3.63) is 28.8 Å². The predicted octanol–water partition coefficient (Wildman–Crippen LogP) is 2.66. The molecule has 0 heterocycles. The predicted molar refractivity (Wildman–Crippen MR) is 86.7 cm³/mol. The van der Waals surface area contributed by atoms with Gasteiger partial charge in [-0.05, 0) is 43.5 Å². The van der Waals surface area contributed by atoms with Gasteiger partial charge < -0.3 is 15.0 Å². The van der Waals surface area contributed by atoms with Crippen LogP contribution in [0.4, 0.5) is 0 Å². The molecule has 0 bridgehead atoms. The summed E-state index contributed by atoms with van der Waals surface area (Å²) < 4.78 is 5.87. The summed E-state index contributed by atoms with van der Waals surface area (Å²) in [5.74, 6) is 1.10. The van der Waals surface area contributed by atoms with Crippen LogP contribution in [0.5, 0.6) is 5.75 Å². The molecule has 0 aliphatic carbocycles. The number of rotatable bonds is 8. The number of nitrogens with one attached hydrogen (secondary N) is 1. The van der Waals surface area contributed by atoms with Crippen LogP contribution < -0.4 is 10.1 Å². The minimum absolute atomic E-state index is 0.146. The fourth-order valence-electron chi connectivity index (χ4n) is 2.26. The van der Waals surface area contributed by atoms with Gasteiger partial charge in [0.05, 0.1) is 6.61 Å². The van der Waals surface area contributed by atoms with Crippen LogP contribution in [0.2, 0.25) is 0 Å². The lowest BCUT2D eigenvalue weighted by Crippen LogP contribution is -2.21. The molecule has 0 spiro atoms. The molecule has 1 aromatic rings. The molecule has 0 aliphatic heterocycles. The molecule has 1 aromatic carbocycles. The minimum Gasteiger partial charge on any atom is -0.493 e. The Labute approximate surface area is 128 Å². The Hall–Kier alpha value is -1.55. The van der Waals surface area contributed by atoms with Crippen molar-refractivity contribution in [3.63, 3.8) is 0 Å². The zero-order chi connectivity index (χ0) is 15.8. The first-order chi connectivity index (χ1) is 9.95. The van der Waals surface area contributed by atoms with Crippen LogP contribution in [0.15, 0.2) is 12.1 Å². The normalized spacial score (nSPS) is 10.5. The van der Waals surface area contributed by atoms with Gasteiger partial charge in [0.1, 0.15) is 5.75 Å². The zero-order valence-corrected chi connectivity index (χ0v) is 14.0. The van der Waals surface area contributed by atoms with Crippen molar-refractivity contribution in [2.75, 3.05) is 27.2 Å². The van der Waals surface area contributed by atoms with E-state index in [9.17, 15) is 4.79 Å². The van der Waals surface area contributed by atoms with Gasteiger partial charge in [0.15, 0.2) is 0 Å². The smallest absolute Gasteiger partial charge is 0.222 e. The second-order valence-electron chi connectivity index (χ2n) is 5.58. The van der Waals surface area contributed by atoms with Gasteiger partial charge in [-0.15, -0.1) is 0 Å². The second-order valence-corrected chi connectivity index (χ2v) is 5.58. The molecule has 4 heteroatoms. The molecule has 0 saturated heterocycles. The molecular formula is C17H28N2O2. The van der Waals surface area contributed by atoms with Crippen molar-refractivity contribution in [1.82, 2.24) is 10.2 Å². The summed E-state index contributed by atoms with van der Waals surface area (Å²) in [5, 5.41) is 3.33. The Balaban J connectivity index is 2.53. The summed E-state index contributed by atoms with van der Waals surface area (Å²) in [6.45, 7) is 8.68. The lowest BCUT2D eigenvalue weighted by Gasteiger charge is -2.15. The van der Waals surface area contributed by atoms with Gasteiger partial charge in [0.2, 0.25) is 5.91 Å². The first-order valence-corrected chi connectivity index (χ1v) is 7.59. The summed E-state index contributed by atoms with van der Waals surface area (Å²) in [5.41, 5.74) is 3.59. The lowest BCUT2D eigenvalue weighted by molar-refractivity contribution is -0.128. The minimum atomic E-state index is 0.146. The number of aryl methyl sites for hydroxylation is 2. The molecule has 1 amide bonds. The molecule has 0 atom stereocenters. The average molecular weight is 292 g/mol. The largest absolute Gasteiger partial charge is 0.493 e. The van der Waals surface area contributed by atoms with Crippen LogP contribution in [-0.4, -0.2) is 38.1 Å². The maximum absolute atomic E-state index is 11.5. The summed E-state index contributed by atoms with van der Waals surface area (Å²) in [7, 11) is 3.56. The van der Waals surface area contributed by atoms with E-state index in [-0.39, 0.29) is 5.91 Å². The highest BCUT2D eigenvalue weighted by Crippen LogP contribution is 2.25. The number of hydrogen-bond donors (Lipinski definition) is 1. The van der Waals surface area contributed by atoms with Crippen LogP contribution in [0.25, 0.3) is 0 Å². The summed E-state index contributed by atoms with van der Waals surface area (Å²) in [6, 6.07) is 4.33. The molecule has 0 aromatic heterocycles. The van der Waals surface area contributed by atoms with E-state index in [1.165, 1.54) is 5.56 Å². The lowest BCUT2D eigenvalue weighted by atomic mass is 10.1. The number of benzene rings is 1. The van der Waals surface area contributed by atoms with Crippen molar-refractivity contribution >= 4 is 5.91 Å². The highest BCUT2D eigenvalue weighted by Gasteiger charge is 2.08. The average Bonchev–Trinajstić information content (AvgIpc) is 2.43. The molecule has 0 aliphatic rings. The number of carbonyl (C=O) groups excluding carboxylic acids is 1. The fraction of sp³-hybridized carbons (Fsp3) is 0.588. The number of carbonyl (C=O) groups is 1. The maximum Gasteiger partial charge on any atom is 0.222 e. The van der Waals surface area contributed by atoms with E-state index < -0.39 is 0 Å². The SMILES string of the molecule is CCNCc1cc(C)c(OCCCC(=O)N(C)C)c(C)c1. The third-order valence-electron chi connectivity index (χ3n) is 3.38. The van der Waals surface area contributed by atoms with Crippen LogP contribution in [-0.2, 0) is 11.3 Å². The van der Waals surface area contributed by atoms with Crippen LogP contribution >= 0.6 is 0 Å². The fourth-order valence-corrected chi connectivity index (χ4v) is 2.26. The molecule has 118 valence electrons. The highest BCUT2D eigenvalue weighted by molar-refractivity contribution is 5.75. The first kappa shape index (κ1) is 17.5. The Morgan fingerprint density at radius 2 is 1.86 bits per heavy atom. The Kier molecular flexibility index (Phi) is 7.23. The molecule has 4 nitrogen and oxygen atoms in total. The summed E-state index contributed by atoms with van der Waals surface area (Å²) in [4.78, 5) is 13.1. The summed E-state index contributed by atoms with van der Waals surface area (Å²) in [6.07, 6.45) is 1.28. The quantitative estimate of drug-likeness (QED) is 0.749. The Bertz CT molecular complexity index is 447. The number of nitrogens with zero attached hydrogens (tertiary/aromatic N) is 1. The number of hydrogen-bond acceptors (Lipinski definition) is 3. The molecule has 0 unspecified atom stereocenters. The van der Waals surface area contributed by atoms with E-state index in [0.29, 0.717) is 13.0 Å². The molecule has 1 rings (SSSR count). The van der Waals surface area contributed by atoms with E-state index >= 15 is 0 Å². The van der Waals surface area contributed by atoms with Crippen molar-refractivity contribution in [2.45, 2.75) is 40.2 Å². The van der Waals surface area contributed by atoms with Crippen molar-refractivity contribution < 1.29 is 9.53 Å². The number of ether oxygens (including phenoxy) is 1. The van der Waals surface area contributed by atoms with Gasteiger partial charge in [-0.25, -0.2) is 0 Å². The monoisotopic (exact) mass is 292 g/mol. The van der Waals surface area contributed by atoms with Gasteiger partial charge >= 0.3 is 0 Å². The molecular weight excluding hydrogens is 264 g/mol. The topological polar surface area (TPSA) is 41.6 Å². The van der Waals surface area contributed by atoms with E-state index in [0.717, 1.165) is 36.4 Å². The van der Waals surface area contributed by atoms with Crippen LogP contribution in [0.3, 0.4) is 0 Å². The van der Waals surface area contributed by atoms with E-state index in [4.69, 9.17) is 4.74 Å². The standard InChI is InChI=1S/C17H28N2O2/c1-6-18-12-15-10-13(2)17(14(3)11-15)21-9-7-8-16(20)19(4)5/h10-11,18H,6-9,12H2,1-5H3. The van der Waals surface area contributed by atoms with E-state index in [2.05, 4.69) is 38.2 Å². The molecule has 0 saturated carbocycles. The van der Waals surface area contributed by atoms with Gasteiger partial charge in [-0.3, -0.25) is 4.79 Å². The van der Waals surface area contributed by atoms with Crippen LogP contribution in [0, 0.1) is 13.8 Å². The molecule has 0 fully saturated rings. The van der Waals surface area contributed by atoms with Crippen molar-refractivity contribution in [3.8, 4) is 5.75 Å². The van der Waals surface area contributed by atoms with Gasteiger partial charge in [0, 0.05) is 27.1 Å². The molecule has 0 radical (unpaired) electrons. The Morgan fingerprint density at radius 3 is 2.38 bits per heavy atom. The summed E-state index contributed by atoms with van der Waals surface area (Å²) >= 11 is 0. The van der Waals surface area contributed by atoms with E-state index in [1.807, 2.05) is 0 Å². The number of amides is 1. The maximum atomic E-state index is 11.5.